The summed E-state index contributed by atoms with van der Waals surface area (Å²) in [4.78, 5) is 16.0. The second-order valence-corrected chi connectivity index (χ2v) is 4.30. The van der Waals surface area contributed by atoms with E-state index in [1.165, 1.54) is 0 Å². The number of hydrogen-bond acceptors (Lipinski definition) is 5. The van der Waals surface area contributed by atoms with Crippen LogP contribution in [0, 0.1) is 12.3 Å². The highest BCUT2D eigenvalue weighted by Gasteiger charge is 2.52. The fourth-order valence-corrected chi connectivity index (χ4v) is 1.74. The van der Waals surface area contributed by atoms with E-state index in [4.69, 9.17) is 22.5 Å². The van der Waals surface area contributed by atoms with E-state index in [0.717, 1.165) is 12.8 Å². The molecule has 1 saturated carbocycles. The molecule has 0 aromatic carbocycles. The number of carbonyl (C=O) groups is 1. The highest BCUT2D eigenvalue weighted by molar-refractivity contribution is 7.80. The Hall–Kier alpha value is -1.50. The first-order valence-electron chi connectivity index (χ1n) is 4.92. The van der Waals surface area contributed by atoms with Gasteiger partial charge in [-0.05, 0) is 19.8 Å². The fraction of sp³-hybridized carbons (Fsp3) is 0.556. The number of carbonyl (C=O) groups excluding carboxylic acids is 1. The monoisotopic (exact) mass is 240 g/mol. The van der Waals surface area contributed by atoms with Crippen molar-refractivity contribution in [2.45, 2.75) is 26.3 Å². The number of amides is 1. The smallest absolute Gasteiger partial charge is 0.246 e. The maximum absolute atomic E-state index is 11.8. The zero-order chi connectivity index (χ0) is 11.8. The van der Waals surface area contributed by atoms with Crippen molar-refractivity contribution in [2.75, 3.05) is 0 Å². The summed E-state index contributed by atoms with van der Waals surface area (Å²) in [6, 6.07) is 0. The molecule has 0 unspecified atom stereocenters. The fourth-order valence-electron chi connectivity index (χ4n) is 1.45. The van der Waals surface area contributed by atoms with E-state index in [-0.39, 0.29) is 17.4 Å². The van der Waals surface area contributed by atoms with E-state index in [1.807, 2.05) is 0 Å². The zero-order valence-corrected chi connectivity index (χ0v) is 9.63. The van der Waals surface area contributed by atoms with E-state index in [9.17, 15) is 4.79 Å². The molecule has 0 spiro atoms. The second-order valence-electron chi connectivity index (χ2n) is 3.86. The predicted molar refractivity (Wildman–Crippen MR) is 59.3 cm³/mol. The summed E-state index contributed by atoms with van der Waals surface area (Å²) >= 11 is 4.87. The third kappa shape index (κ3) is 1.90. The normalized spacial score (nSPS) is 16.8. The van der Waals surface area contributed by atoms with Crippen molar-refractivity contribution in [2.24, 2.45) is 11.1 Å². The molecule has 1 aromatic heterocycles. The van der Waals surface area contributed by atoms with Crippen LogP contribution in [0.5, 0.6) is 0 Å². The van der Waals surface area contributed by atoms with Gasteiger partial charge in [0, 0.05) is 0 Å². The van der Waals surface area contributed by atoms with Crippen LogP contribution in [-0.2, 0) is 11.3 Å². The molecule has 0 saturated heterocycles. The Morgan fingerprint density at radius 1 is 1.69 bits per heavy atom. The number of rotatable bonds is 4. The summed E-state index contributed by atoms with van der Waals surface area (Å²) in [5.41, 5.74) is 4.89. The number of nitrogens with one attached hydrogen (secondary N) is 1. The van der Waals surface area contributed by atoms with Gasteiger partial charge in [0.25, 0.3) is 0 Å². The van der Waals surface area contributed by atoms with Gasteiger partial charge >= 0.3 is 0 Å². The van der Waals surface area contributed by atoms with E-state index < -0.39 is 5.41 Å². The third-order valence-corrected chi connectivity index (χ3v) is 3.02. The molecule has 7 heteroatoms. The average molecular weight is 240 g/mol. The Kier molecular flexibility index (Phi) is 2.63. The lowest BCUT2D eigenvalue weighted by Gasteiger charge is -2.11. The van der Waals surface area contributed by atoms with Gasteiger partial charge in [-0.15, -0.1) is 0 Å². The molecule has 0 radical (unpaired) electrons. The number of nitrogens with two attached hydrogens (primary N) is 1. The van der Waals surface area contributed by atoms with Crippen molar-refractivity contribution in [3.05, 3.63) is 11.7 Å². The Balaban J connectivity index is 1.92. The third-order valence-electron chi connectivity index (χ3n) is 2.63. The molecule has 86 valence electrons. The molecule has 6 nitrogen and oxygen atoms in total. The van der Waals surface area contributed by atoms with Crippen LogP contribution in [0.1, 0.15) is 24.6 Å². The first-order valence-corrected chi connectivity index (χ1v) is 5.33. The van der Waals surface area contributed by atoms with Crippen molar-refractivity contribution in [3.63, 3.8) is 0 Å². The molecule has 2 rings (SSSR count). The van der Waals surface area contributed by atoms with Gasteiger partial charge in [-0.2, -0.15) is 4.98 Å². The van der Waals surface area contributed by atoms with E-state index in [2.05, 4.69) is 15.5 Å². The number of aryl methyl sites for hydroxylation is 1. The number of thiocarbonyl (C=S) groups is 1. The molecule has 16 heavy (non-hydrogen) atoms. The molecule has 1 fully saturated rings. The van der Waals surface area contributed by atoms with E-state index >= 15 is 0 Å². The van der Waals surface area contributed by atoms with Gasteiger partial charge in [0.1, 0.15) is 0 Å². The van der Waals surface area contributed by atoms with Gasteiger partial charge in [-0.25, -0.2) is 0 Å². The molecule has 1 aromatic rings. The van der Waals surface area contributed by atoms with Crippen LogP contribution in [0.4, 0.5) is 0 Å². The van der Waals surface area contributed by atoms with Crippen LogP contribution in [-0.4, -0.2) is 21.0 Å². The number of hydrogen-bond donors (Lipinski definition) is 2. The summed E-state index contributed by atoms with van der Waals surface area (Å²) in [7, 11) is 0. The molecule has 1 amide bonds. The van der Waals surface area contributed by atoms with Crippen LogP contribution in [0.3, 0.4) is 0 Å². The van der Waals surface area contributed by atoms with Gasteiger partial charge in [0.2, 0.25) is 11.8 Å². The van der Waals surface area contributed by atoms with Crippen LogP contribution in [0.15, 0.2) is 4.52 Å². The highest BCUT2D eigenvalue weighted by atomic mass is 32.1. The maximum atomic E-state index is 11.8. The Labute approximate surface area is 97.6 Å². The minimum atomic E-state index is -0.635. The molecule has 0 aliphatic heterocycles. The summed E-state index contributed by atoms with van der Waals surface area (Å²) in [5, 5.41) is 6.31. The molecule has 3 N–H and O–H groups in total. The molecule has 0 bridgehead atoms. The van der Waals surface area contributed by atoms with Crippen LogP contribution < -0.4 is 11.1 Å². The van der Waals surface area contributed by atoms with E-state index in [1.54, 1.807) is 6.92 Å². The standard InChI is InChI=1S/C9H12N4O2S/c1-5-12-6(15-13-5)4-11-8(14)9(2-3-9)7(10)16/h2-4H2,1H3,(H2,10,16)(H,11,14). The SMILES string of the molecule is Cc1noc(CNC(=O)C2(C(N)=S)CC2)n1. The molecule has 1 aliphatic carbocycles. The van der Waals surface area contributed by atoms with Gasteiger partial charge < -0.3 is 15.6 Å². The first-order chi connectivity index (χ1) is 7.54. The lowest BCUT2D eigenvalue weighted by Crippen LogP contribution is -2.39. The first kappa shape index (κ1) is 11.0. The Morgan fingerprint density at radius 2 is 2.38 bits per heavy atom. The molecule has 1 heterocycles. The number of nitrogens with zero attached hydrogens (tertiary/aromatic N) is 2. The van der Waals surface area contributed by atoms with Crippen LogP contribution in [0.2, 0.25) is 0 Å². The summed E-state index contributed by atoms with van der Waals surface area (Å²) in [5.74, 6) is 0.764. The Bertz CT molecular complexity index is 438. The van der Waals surface area contributed by atoms with Crippen molar-refractivity contribution >= 4 is 23.1 Å². The van der Waals surface area contributed by atoms with Gasteiger partial charge in [-0.1, -0.05) is 17.4 Å². The van der Waals surface area contributed by atoms with Crippen molar-refractivity contribution in [3.8, 4) is 0 Å². The maximum Gasteiger partial charge on any atom is 0.246 e. The minimum absolute atomic E-state index is 0.157. The minimum Gasteiger partial charge on any atom is -0.392 e. The quantitative estimate of drug-likeness (QED) is 0.723. The van der Waals surface area contributed by atoms with Gasteiger partial charge in [0.05, 0.1) is 16.9 Å². The highest BCUT2D eigenvalue weighted by Crippen LogP contribution is 2.46. The van der Waals surface area contributed by atoms with Gasteiger partial charge in [0.15, 0.2) is 5.82 Å². The second kappa shape index (κ2) is 3.82. The summed E-state index contributed by atoms with van der Waals surface area (Å²) in [6.07, 6.45) is 1.44. The summed E-state index contributed by atoms with van der Waals surface area (Å²) < 4.78 is 4.87. The predicted octanol–water partition coefficient (Wildman–Crippen LogP) is 0.0605. The summed E-state index contributed by atoms with van der Waals surface area (Å²) in [6.45, 7) is 1.93. The largest absolute Gasteiger partial charge is 0.392 e. The molecular formula is C9H12N4O2S. The van der Waals surface area contributed by atoms with Gasteiger partial charge in [-0.3, -0.25) is 4.79 Å². The molecule has 1 aliphatic rings. The lowest BCUT2D eigenvalue weighted by atomic mass is 10.1. The van der Waals surface area contributed by atoms with Crippen molar-refractivity contribution in [1.29, 1.82) is 0 Å². The zero-order valence-electron chi connectivity index (χ0n) is 8.82. The average Bonchev–Trinajstić information content (AvgIpc) is 2.95. The molecule has 0 atom stereocenters. The topological polar surface area (TPSA) is 94.0 Å². The Morgan fingerprint density at radius 3 is 2.81 bits per heavy atom. The lowest BCUT2D eigenvalue weighted by molar-refractivity contribution is -0.124. The number of aromatic nitrogens is 2. The molecular weight excluding hydrogens is 228 g/mol. The van der Waals surface area contributed by atoms with Crippen molar-refractivity contribution < 1.29 is 9.32 Å². The van der Waals surface area contributed by atoms with E-state index in [0.29, 0.717) is 11.7 Å². The van der Waals surface area contributed by atoms with Crippen LogP contribution in [0.25, 0.3) is 0 Å². The van der Waals surface area contributed by atoms with Crippen LogP contribution >= 0.6 is 12.2 Å². The van der Waals surface area contributed by atoms with Crippen molar-refractivity contribution in [1.82, 2.24) is 15.5 Å².